The Morgan fingerprint density at radius 1 is 1.14 bits per heavy atom. The Balaban J connectivity index is 2.13. The van der Waals surface area contributed by atoms with E-state index in [1.54, 1.807) is 12.1 Å². The second-order valence-corrected chi connectivity index (χ2v) is 5.60. The molecule has 0 bridgehead atoms. The van der Waals surface area contributed by atoms with Crippen LogP contribution in [0.15, 0.2) is 12.1 Å². The molecule has 1 heterocycles. The highest BCUT2D eigenvalue weighted by molar-refractivity contribution is 6.32. The maximum Gasteiger partial charge on any atom is 0.180 e. The molecule has 6 heteroatoms. The van der Waals surface area contributed by atoms with Crippen LogP contribution in [0, 0.1) is 0 Å². The van der Waals surface area contributed by atoms with E-state index in [0.717, 1.165) is 26.2 Å². The number of ketones is 1. The van der Waals surface area contributed by atoms with Gasteiger partial charge in [-0.15, -0.1) is 0 Å². The van der Waals surface area contributed by atoms with Crippen molar-refractivity contribution in [1.82, 2.24) is 9.80 Å². The summed E-state index contributed by atoms with van der Waals surface area (Å²) >= 11 is 6.11. The number of rotatable bonds is 5. The molecule has 1 aromatic rings. The number of nitrogens with zero attached hydrogens (tertiary/aromatic N) is 2. The zero-order valence-corrected chi connectivity index (χ0v) is 13.4. The van der Waals surface area contributed by atoms with Crippen molar-refractivity contribution in [2.75, 3.05) is 54.0 Å². The minimum absolute atomic E-state index is 0.0148. The number of carbonyl (C=O) groups excluding carboxylic acids is 1. The van der Waals surface area contributed by atoms with E-state index in [0.29, 0.717) is 28.6 Å². The number of benzene rings is 1. The molecule has 0 N–H and O–H groups in total. The van der Waals surface area contributed by atoms with Crippen LogP contribution in [0.5, 0.6) is 11.5 Å². The molecule has 5 nitrogen and oxygen atoms in total. The summed E-state index contributed by atoms with van der Waals surface area (Å²) in [5, 5.41) is 0.417. The van der Waals surface area contributed by atoms with Crippen LogP contribution in [0.2, 0.25) is 5.02 Å². The quantitative estimate of drug-likeness (QED) is 0.775. The van der Waals surface area contributed by atoms with Crippen LogP contribution in [0.4, 0.5) is 0 Å². The highest BCUT2D eigenvalue weighted by Crippen LogP contribution is 2.32. The predicted molar refractivity (Wildman–Crippen MR) is 82.8 cm³/mol. The smallest absolute Gasteiger partial charge is 0.180 e. The van der Waals surface area contributed by atoms with Gasteiger partial charge in [0.25, 0.3) is 0 Å². The van der Waals surface area contributed by atoms with Crippen molar-refractivity contribution in [3.05, 3.63) is 22.7 Å². The molecule has 1 aliphatic heterocycles. The van der Waals surface area contributed by atoms with Crippen LogP contribution >= 0.6 is 11.6 Å². The summed E-state index contributed by atoms with van der Waals surface area (Å²) in [5.74, 6) is 1.01. The molecule has 0 spiro atoms. The third-order valence-electron chi connectivity index (χ3n) is 3.74. The third-order valence-corrected chi connectivity index (χ3v) is 4.03. The Hall–Kier alpha value is -1.30. The van der Waals surface area contributed by atoms with Gasteiger partial charge in [-0.2, -0.15) is 0 Å². The first-order valence-corrected chi connectivity index (χ1v) is 7.28. The number of hydrogen-bond donors (Lipinski definition) is 0. The van der Waals surface area contributed by atoms with Crippen molar-refractivity contribution in [3.8, 4) is 11.5 Å². The van der Waals surface area contributed by atoms with Gasteiger partial charge in [0, 0.05) is 32.2 Å². The first-order valence-electron chi connectivity index (χ1n) is 6.90. The topological polar surface area (TPSA) is 42.0 Å². The summed E-state index contributed by atoms with van der Waals surface area (Å²) in [7, 11) is 5.16. The molecule has 1 aromatic carbocycles. The molecule has 0 unspecified atom stereocenters. The average Bonchev–Trinajstić information content (AvgIpc) is 2.49. The zero-order chi connectivity index (χ0) is 15.4. The van der Waals surface area contributed by atoms with Crippen molar-refractivity contribution in [1.29, 1.82) is 0 Å². The summed E-state index contributed by atoms with van der Waals surface area (Å²) in [6.07, 6.45) is 0. The predicted octanol–water partition coefficient (Wildman–Crippen LogP) is 1.79. The van der Waals surface area contributed by atoms with Crippen LogP contribution in [0.3, 0.4) is 0 Å². The SMILES string of the molecule is COc1cc(OC)c(C(=O)CN2CCN(C)CC2)cc1Cl. The lowest BCUT2D eigenvalue weighted by Crippen LogP contribution is -2.46. The first kappa shape index (κ1) is 16.1. The van der Waals surface area contributed by atoms with E-state index in [9.17, 15) is 4.79 Å². The van der Waals surface area contributed by atoms with Crippen molar-refractivity contribution in [2.45, 2.75) is 0 Å². The van der Waals surface area contributed by atoms with Crippen molar-refractivity contribution in [2.24, 2.45) is 0 Å². The van der Waals surface area contributed by atoms with Crippen molar-refractivity contribution >= 4 is 17.4 Å². The second-order valence-electron chi connectivity index (χ2n) is 5.19. The minimum Gasteiger partial charge on any atom is -0.496 e. The number of methoxy groups -OCH3 is 2. The van der Waals surface area contributed by atoms with Crippen LogP contribution in [-0.2, 0) is 0 Å². The molecule has 1 aliphatic rings. The van der Waals surface area contributed by atoms with Crippen LogP contribution in [0.1, 0.15) is 10.4 Å². The molecule has 1 fully saturated rings. The van der Waals surface area contributed by atoms with Gasteiger partial charge in [-0.25, -0.2) is 0 Å². The largest absolute Gasteiger partial charge is 0.496 e. The number of ether oxygens (including phenoxy) is 2. The fourth-order valence-electron chi connectivity index (χ4n) is 2.37. The van der Waals surface area contributed by atoms with Gasteiger partial charge < -0.3 is 14.4 Å². The van der Waals surface area contributed by atoms with Gasteiger partial charge >= 0.3 is 0 Å². The van der Waals surface area contributed by atoms with Gasteiger partial charge in [0.1, 0.15) is 11.5 Å². The number of likely N-dealkylation sites (N-methyl/N-ethyl adjacent to an activating group) is 1. The van der Waals surface area contributed by atoms with Crippen molar-refractivity contribution < 1.29 is 14.3 Å². The van der Waals surface area contributed by atoms with Gasteiger partial charge in [0.2, 0.25) is 0 Å². The molecule has 116 valence electrons. The van der Waals surface area contributed by atoms with Gasteiger partial charge in [-0.1, -0.05) is 11.6 Å². The number of piperazine rings is 1. The fraction of sp³-hybridized carbons (Fsp3) is 0.533. The zero-order valence-electron chi connectivity index (χ0n) is 12.7. The highest BCUT2D eigenvalue weighted by atomic mass is 35.5. The lowest BCUT2D eigenvalue weighted by atomic mass is 10.1. The summed E-state index contributed by atoms with van der Waals surface area (Å²) in [6.45, 7) is 4.14. The molecule has 0 amide bonds. The molecule has 1 saturated heterocycles. The Labute approximate surface area is 130 Å². The summed E-state index contributed by atoms with van der Waals surface area (Å²) in [4.78, 5) is 16.9. The minimum atomic E-state index is 0.0148. The Morgan fingerprint density at radius 3 is 2.33 bits per heavy atom. The number of hydrogen-bond acceptors (Lipinski definition) is 5. The van der Waals surface area contributed by atoms with Gasteiger partial charge in [0.15, 0.2) is 5.78 Å². The van der Waals surface area contributed by atoms with Crippen molar-refractivity contribution in [3.63, 3.8) is 0 Å². The third kappa shape index (κ3) is 3.87. The molecule has 21 heavy (non-hydrogen) atoms. The van der Waals surface area contributed by atoms with E-state index < -0.39 is 0 Å². The second kappa shape index (κ2) is 7.11. The van der Waals surface area contributed by atoms with E-state index in [-0.39, 0.29) is 5.78 Å². The van der Waals surface area contributed by atoms with Crippen LogP contribution in [-0.4, -0.2) is 69.6 Å². The Morgan fingerprint density at radius 2 is 1.76 bits per heavy atom. The van der Waals surface area contributed by atoms with Crippen LogP contribution in [0.25, 0.3) is 0 Å². The van der Waals surface area contributed by atoms with E-state index in [4.69, 9.17) is 21.1 Å². The molecule has 2 rings (SSSR count). The maximum absolute atomic E-state index is 12.5. The lowest BCUT2D eigenvalue weighted by molar-refractivity contribution is 0.0873. The number of Topliss-reactive ketones (excluding diaryl/α,β-unsaturated/α-hetero) is 1. The number of carbonyl (C=O) groups is 1. The van der Waals surface area contributed by atoms with E-state index in [1.165, 1.54) is 14.2 Å². The summed E-state index contributed by atoms with van der Waals surface area (Å²) < 4.78 is 10.4. The Bertz CT molecular complexity index is 514. The first-order chi connectivity index (χ1) is 10.0. The van der Waals surface area contributed by atoms with Gasteiger partial charge in [0.05, 0.1) is 31.4 Å². The molecule has 0 aromatic heterocycles. The maximum atomic E-state index is 12.5. The summed E-state index contributed by atoms with van der Waals surface area (Å²) in [6, 6.07) is 3.27. The molecule has 0 saturated carbocycles. The molecule has 0 radical (unpaired) electrons. The monoisotopic (exact) mass is 312 g/mol. The molecule has 0 aliphatic carbocycles. The van der Waals surface area contributed by atoms with Gasteiger partial charge in [-0.3, -0.25) is 9.69 Å². The van der Waals surface area contributed by atoms with Gasteiger partial charge in [-0.05, 0) is 13.1 Å². The fourth-order valence-corrected chi connectivity index (χ4v) is 2.61. The standard InChI is InChI=1S/C15H21ClN2O3/c1-17-4-6-18(7-5-17)10-13(19)11-8-12(16)15(21-3)9-14(11)20-2/h8-9H,4-7,10H2,1-3H3. The number of halogens is 1. The highest BCUT2D eigenvalue weighted by Gasteiger charge is 2.21. The van der Waals surface area contributed by atoms with E-state index >= 15 is 0 Å². The molecule has 0 atom stereocenters. The normalized spacial score (nSPS) is 16.8. The Kier molecular flexibility index (Phi) is 5.45. The van der Waals surface area contributed by atoms with E-state index in [1.807, 2.05) is 0 Å². The average molecular weight is 313 g/mol. The van der Waals surface area contributed by atoms with E-state index in [2.05, 4.69) is 16.8 Å². The molecular formula is C15H21ClN2O3. The summed E-state index contributed by atoms with van der Waals surface area (Å²) in [5.41, 5.74) is 0.502. The molecular weight excluding hydrogens is 292 g/mol. The van der Waals surface area contributed by atoms with Crippen LogP contribution < -0.4 is 9.47 Å². The lowest BCUT2D eigenvalue weighted by Gasteiger charge is -2.31.